The Bertz CT molecular complexity index is 990. The predicted molar refractivity (Wildman–Crippen MR) is 130 cm³/mol. The first-order chi connectivity index (χ1) is 14.9. The molecule has 0 saturated heterocycles. The molecule has 2 aliphatic carbocycles. The highest BCUT2D eigenvalue weighted by atomic mass is 15.2. The van der Waals surface area contributed by atoms with Gasteiger partial charge in [-0.2, -0.15) is 4.57 Å². The predicted octanol–water partition coefficient (Wildman–Crippen LogP) is 7.17. The number of aryl methyl sites for hydroxylation is 1. The summed E-state index contributed by atoms with van der Waals surface area (Å²) in [6.45, 7) is 11.9. The van der Waals surface area contributed by atoms with Crippen LogP contribution in [0.4, 0.5) is 0 Å². The van der Waals surface area contributed by atoms with Crippen LogP contribution >= 0.6 is 0 Å². The third-order valence-electron chi connectivity index (χ3n) is 8.56. The average molecular weight is 418 g/mol. The summed E-state index contributed by atoms with van der Waals surface area (Å²) >= 11 is 0. The summed E-state index contributed by atoms with van der Waals surface area (Å²) in [6.07, 6.45) is 17.8. The molecule has 0 amide bonds. The number of para-hydroxylation sites is 1. The van der Waals surface area contributed by atoms with Gasteiger partial charge in [-0.25, -0.2) is 4.57 Å². The second-order valence-corrected chi connectivity index (χ2v) is 11.5. The molecular weight excluding hydrogens is 376 g/mol. The molecule has 1 aromatic carbocycles. The van der Waals surface area contributed by atoms with E-state index in [4.69, 9.17) is 0 Å². The van der Waals surface area contributed by atoms with Gasteiger partial charge in [-0.05, 0) is 77.2 Å². The Balaban J connectivity index is 1.81. The Morgan fingerprint density at radius 3 is 2.03 bits per heavy atom. The first-order valence-corrected chi connectivity index (χ1v) is 12.8. The van der Waals surface area contributed by atoms with Crippen molar-refractivity contribution >= 4 is 6.08 Å². The molecule has 2 heterocycles. The summed E-state index contributed by atoms with van der Waals surface area (Å²) in [5.41, 5.74) is 5.82. The molecular formula is C29H41N2+. The zero-order valence-electron chi connectivity index (χ0n) is 20.4. The summed E-state index contributed by atoms with van der Waals surface area (Å²) in [4.78, 5) is 0. The smallest absolute Gasteiger partial charge is 0.217 e. The van der Waals surface area contributed by atoms with Gasteiger partial charge in [0.25, 0.3) is 5.82 Å². The van der Waals surface area contributed by atoms with Crippen LogP contribution in [0.5, 0.6) is 0 Å². The lowest BCUT2D eigenvalue weighted by atomic mass is 9.67. The fraction of sp³-hybridized carbons (Fsp3) is 0.621. The van der Waals surface area contributed by atoms with Gasteiger partial charge in [-0.3, -0.25) is 0 Å². The number of hydrogen-bond acceptors (Lipinski definition) is 0. The van der Waals surface area contributed by atoms with Gasteiger partial charge in [-0.15, -0.1) is 0 Å². The summed E-state index contributed by atoms with van der Waals surface area (Å²) in [6, 6.07) is 8.94. The van der Waals surface area contributed by atoms with Crippen LogP contribution in [-0.4, -0.2) is 4.57 Å². The van der Waals surface area contributed by atoms with Crippen LogP contribution < -0.4 is 4.57 Å². The Labute approximate surface area is 189 Å². The molecule has 1 atom stereocenters. The Morgan fingerprint density at radius 1 is 0.871 bits per heavy atom. The number of benzene rings is 1. The third-order valence-corrected chi connectivity index (χ3v) is 8.56. The Hall–Kier alpha value is -1.83. The van der Waals surface area contributed by atoms with Crippen LogP contribution in [0.15, 0.2) is 30.3 Å². The standard InChI is InChI=1S/C29H41N2/c1-21-13-9-12-18-25(21)30-22(2)26-19-20-29(24-16-10-11-17-24,23-14-7-6-8-15-23)31(26)27(30)28(3,4)5/h9,12-13,18-20,23-24H,6-8,10-11,14-17H2,1-5H3/q+1. The zero-order valence-corrected chi connectivity index (χ0v) is 20.4. The van der Waals surface area contributed by atoms with E-state index in [0.717, 1.165) is 11.8 Å². The van der Waals surface area contributed by atoms with Gasteiger partial charge < -0.3 is 0 Å². The van der Waals surface area contributed by atoms with Gasteiger partial charge in [-0.1, -0.05) is 50.3 Å². The largest absolute Gasteiger partial charge is 0.268 e. The average Bonchev–Trinajstić information content (AvgIpc) is 3.46. The highest BCUT2D eigenvalue weighted by molar-refractivity contribution is 5.54. The van der Waals surface area contributed by atoms with Crippen molar-refractivity contribution in [2.24, 2.45) is 11.8 Å². The molecule has 1 aliphatic heterocycles. The maximum atomic E-state index is 2.88. The second-order valence-electron chi connectivity index (χ2n) is 11.5. The highest BCUT2D eigenvalue weighted by Gasteiger charge is 2.57. The molecule has 2 fully saturated rings. The van der Waals surface area contributed by atoms with E-state index < -0.39 is 0 Å². The molecule has 31 heavy (non-hydrogen) atoms. The first-order valence-electron chi connectivity index (χ1n) is 12.8. The minimum Gasteiger partial charge on any atom is -0.217 e. The molecule has 2 heteroatoms. The fourth-order valence-electron chi connectivity index (χ4n) is 7.23. The van der Waals surface area contributed by atoms with Crippen molar-refractivity contribution < 1.29 is 4.57 Å². The Morgan fingerprint density at radius 2 is 1.45 bits per heavy atom. The van der Waals surface area contributed by atoms with Gasteiger partial charge in [0, 0.05) is 18.8 Å². The number of hydrogen-bond donors (Lipinski definition) is 0. The fourth-order valence-corrected chi connectivity index (χ4v) is 7.23. The van der Waals surface area contributed by atoms with Crippen molar-refractivity contribution in [1.29, 1.82) is 0 Å². The molecule has 1 unspecified atom stereocenters. The molecule has 0 bridgehead atoms. The van der Waals surface area contributed by atoms with Gasteiger partial charge in [0.15, 0.2) is 11.4 Å². The molecule has 3 aliphatic rings. The number of allylic oxidation sites excluding steroid dienone is 1. The maximum absolute atomic E-state index is 2.88. The van der Waals surface area contributed by atoms with Gasteiger partial charge in [0.05, 0.1) is 5.41 Å². The van der Waals surface area contributed by atoms with E-state index >= 15 is 0 Å². The van der Waals surface area contributed by atoms with E-state index in [-0.39, 0.29) is 11.0 Å². The SMILES string of the molecule is Cc1ccccc1-n1c(C)c2[n+](c1C(C)(C)C)C(C1CCCCC1)(C1CCCC1)C=C2. The van der Waals surface area contributed by atoms with Crippen LogP contribution in [-0.2, 0) is 11.0 Å². The number of nitrogens with zero attached hydrogens (tertiary/aromatic N) is 2. The van der Waals surface area contributed by atoms with E-state index in [1.165, 1.54) is 86.3 Å². The molecule has 5 rings (SSSR count). The lowest BCUT2D eigenvalue weighted by Crippen LogP contribution is -2.65. The summed E-state index contributed by atoms with van der Waals surface area (Å²) in [5.74, 6) is 3.06. The summed E-state index contributed by atoms with van der Waals surface area (Å²) in [7, 11) is 0. The van der Waals surface area contributed by atoms with Crippen molar-refractivity contribution in [2.45, 2.75) is 103 Å². The number of aromatic nitrogens is 2. The molecule has 166 valence electrons. The lowest BCUT2D eigenvalue weighted by molar-refractivity contribution is -0.774. The molecule has 0 spiro atoms. The van der Waals surface area contributed by atoms with E-state index in [1.807, 2.05) is 0 Å². The third kappa shape index (κ3) is 3.16. The van der Waals surface area contributed by atoms with Gasteiger partial charge in [0.2, 0.25) is 0 Å². The summed E-state index contributed by atoms with van der Waals surface area (Å²) < 4.78 is 5.49. The molecule has 2 aromatic rings. The van der Waals surface area contributed by atoms with E-state index in [1.54, 1.807) is 0 Å². The molecule has 2 nitrogen and oxygen atoms in total. The number of rotatable bonds is 3. The van der Waals surface area contributed by atoms with Crippen molar-refractivity contribution in [3.8, 4) is 5.69 Å². The first kappa shape index (κ1) is 21.0. The molecule has 0 N–H and O–H groups in total. The topological polar surface area (TPSA) is 8.81 Å². The second kappa shape index (κ2) is 7.64. The van der Waals surface area contributed by atoms with Crippen LogP contribution in [0.2, 0.25) is 0 Å². The van der Waals surface area contributed by atoms with Crippen LogP contribution in [0.3, 0.4) is 0 Å². The molecule has 1 aromatic heterocycles. The summed E-state index contributed by atoms with van der Waals surface area (Å²) in [5, 5.41) is 0. The number of fused-ring (bicyclic) bond motifs is 1. The minimum absolute atomic E-state index is 0.0653. The van der Waals surface area contributed by atoms with Crippen LogP contribution in [0.25, 0.3) is 11.8 Å². The minimum atomic E-state index is 0.0653. The van der Waals surface area contributed by atoms with Crippen molar-refractivity contribution in [3.05, 3.63) is 53.1 Å². The van der Waals surface area contributed by atoms with Crippen LogP contribution in [0.1, 0.15) is 101 Å². The van der Waals surface area contributed by atoms with Crippen LogP contribution in [0, 0.1) is 25.7 Å². The molecule has 2 saturated carbocycles. The zero-order chi connectivity index (χ0) is 21.8. The lowest BCUT2D eigenvalue weighted by Gasteiger charge is -2.42. The van der Waals surface area contributed by atoms with Gasteiger partial charge >= 0.3 is 0 Å². The normalized spacial score (nSPS) is 24.8. The number of imidazole rings is 1. The Kier molecular flexibility index (Phi) is 5.19. The highest BCUT2D eigenvalue weighted by Crippen LogP contribution is 2.50. The maximum Gasteiger partial charge on any atom is 0.268 e. The van der Waals surface area contributed by atoms with Crippen molar-refractivity contribution in [2.75, 3.05) is 0 Å². The van der Waals surface area contributed by atoms with E-state index in [2.05, 4.69) is 80.2 Å². The van der Waals surface area contributed by atoms with E-state index in [0.29, 0.717) is 0 Å². The van der Waals surface area contributed by atoms with Crippen molar-refractivity contribution in [1.82, 2.24) is 4.57 Å². The molecule has 0 radical (unpaired) electrons. The quantitative estimate of drug-likeness (QED) is 0.468. The van der Waals surface area contributed by atoms with Gasteiger partial charge in [0.1, 0.15) is 11.2 Å². The van der Waals surface area contributed by atoms with E-state index in [9.17, 15) is 0 Å². The van der Waals surface area contributed by atoms with Crippen molar-refractivity contribution in [3.63, 3.8) is 0 Å². The monoisotopic (exact) mass is 417 g/mol.